The van der Waals surface area contributed by atoms with Crippen LogP contribution in [-0.4, -0.2) is 16.7 Å². The van der Waals surface area contributed by atoms with Gasteiger partial charge in [0.2, 0.25) is 11.8 Å². The molecule has 3 nitrogen and oxygen atoms in total. The van der Waals surface area contributed by atoms with E-state index >= 15 is 0 Å². The molecule has 0 rings (SSSR count). The monoisotopic (exact) mass is 141 g/mol. The van der Waals surface area contributed by atoms with Crippen molar-refractivity contribution in [2.45, 2.75) is 20.8 Å². The molecule has 0 heterocycles. The van der Waals surface area contributed by atoms with Crippen LogP contribution in [0, 0.1) is 0 Å². The molecular weight excluding hydrogens is 130 g/mol. The third kappa shape index (κ3) is 2.01. The second kappa shape index (κ2) is 3.15. The Kier molecular flexibility index (Phi) is 2.80. The predicted octanol–water partition coefficient (Wildman–Crippen LogP) is 0.915. The summed E-state index contributed by atoms with van der Waals surface area (Å²) >= 11 is 0. The Balaban J connectivity index is 4.43. The first-order valence-corrected chi connectivity index (χ1v) is 2.93. The third-order valence-corrected chi connectivity index (χ3v) is 1.01. The molecule has 0 spiro atoms. The maximum atomic E-state index is 10.7. The summed E-state index contributed by atoms with van der Waals surface area (Å²) in [6.07, 6.45) is 0. The molecule has 0 saturated heterocycles. The largest absolute Gasteiger partial charge is 0.274 e. The van der Waals surface area contributed by atoms with Gasteiger partial charge in [-0.2, -0.15) is 0 Å². The Labute approximate surface area is 60.3 Å². The number of rotatable bonds is 1. The van der Waals surface area contributed by atoms with E-state index in [0.29, 0.717) is 5.70 Å². The fourth-order valence-corrected chi connectivity index (χ4v) is 0.759. The smallest absolute Gasteiger partial charge is 0.230 e. The molecule has 0 N–H and O–H groups in total. The quantitative estimate of drug-likeness (QED) is 0.544. The minimum Gasteiger partial charge on any atom is -0.274 e. The zero-order valence-corrected chi connectivity index (χ0v) is 6.47. The Morgan fingerprint density at radius 1 is 1.10 bits per heavy atom. The predicted molar refractivity (Wildman–Crippen MR) is 38.0 cm³/mol. The Morgan fingerprint density at radius 2 is 1.40 bits per heavy atom. The number of imide groups is 1. The normalized spacial score (nSPS) is 8.70. The SMILES string of the molecule is C=C(C)N(C(C)=O)C(C)=O. The minimum atomic E-state index is -0.292. The van der Waals surface area contributed by atoms with Crippen molar-refractivity contribution in [2.75, 3.05) is 0 Å². The molecule has 10 heavy (non-hydrogen) atoms. The van der Waals surface area contributed by atoms with E-state index in [2.05, 4.69) is 6.58 Å². The minimum absolute atomic E-state index is 0.292. The molecule has 0 aliphatic rings. The lowest BCUT2D eigenvalue weighted by molar-refractivity contribution is -0.139. The summed E-state index contributed by atoms with van der Waals surface area (Å²) in [6.45, 7) is 7.76. The van der Waals surface area contributed by atoms with Crippen molar-refractivity contribution in [1.82, 2.24) is 4.90 Å². The number of nitrogens with zero attached hydrogens (tertiary/aromatic N) is 1. The van der Waals surface area contributed by atoms with Crippen molar-refractivity contribution in [2.24, 2.45) is 0 Å². The molecule has 0 aromatic carbocycles. The van der Waals surface area contributed by atoms with E-state index in [0.717, 1.165) is 4.90 Å². The molecule has 3 heteroatoms. The molecule has 0 radical (unpaired) electrons. The van der Waals surface area contributed by atoms with Crippen LogP contribution in [0.5, 0.6) is 0 Å². The molecule has 56 valence electrons. The first kappa shape index (κ1) is 8.88. The van der Waals surface area contributed by atoms with Crippen LogP contribution in [0.3, 0.4) is 0 Å². The van der Waals surface area contributed by atoms with Gasteiger partial charge in [-0.25, -0.2) is 0 Å². The fraction of sp³-hybridized carbons (Fsp3) is 0.429. The molecule has 0 atom stereocenters. The van der Waals surface area contributed by atoms with Gasteiger partial charge in [-0.05, 0) is 6.92 Å². The van der Waals surface area contributed by atoms with Crippen molar-refractivity contribution < 1.29 is 9.59 Å². The Morgan fingerprint density at radius 3 is 1.40 bits per heavy atom. The number of carbonyl (C=O) groups is 2. The molecular formula is C7H11NO2. The zero-order chi connectivity index (χ0) is 8.31. The average Bonchev–Trinajstić information content (AvgIpc) is 1.59. The first-order chi connectivity index (χ1) is 4.46. The topological polar surface area (TPSA) is 37.4 Å². The van der Waals surface area contributed by atoms with E-state index in [1.807, 2.05) is 0 Å². The summed E-state index contributed by atoms with van der Waals surface area (Å²) in [5.41, 5.74) is 0.458. The highest BCUT2D eigenvalue weighted by atomic mass is 16.2. The lowest BCUT2D eigenvalue weighted by atomic mass is 10.4. The standard InChI is InChI=1S/C7H11NO2/c1-5(2)8(6(3)9)7(4)10/h1H2,2-4H3. The van der Waals surface area contributed by atoms with Gasteiger partial charge < -0.3 is 0 Å². The van der Waals surface area contributed by atoms with Crippen LogP contribution in [0.15, 0.2) is 12.3 Å². The van der Waals surface area contributed by atoms with Crippen molar-refractivity contribution in [3.8, 4) is 0 Å². The van der Waals surface area contributed by atoms with Crippen molar-refractivity contribution >= 4 is 11.8 Å². The summed E-state index contributed by atoms with van der Waals surface area (Å²) in [7, 11) is 0. The summed E-state index contributed by atoms with van der Waals surface area (Å²) in [5, 5.41) is 0. The average molecular weight is 141 g/mol. The maximum absolute atomic E-state index is 10.7. The molecule has 0 aliphatic carbocycles. The number of carbonyl (C=O) groups excluding carboxylic acids is 2. The molecule has 0 aromatic heterocycles. The van der Waals surface area contributed by atoms with Crippen LogP contribution in [0.2, 0.25) is 0 Å². The fourth-order valence-electron chi connectivity index (χ4n) is 0.759. The highest BCUT2D eigenvalue weighted by Gasteiger charge is 2.12. The first-order valence-electron chi connectivity index (χ1n) is 2.93. The van der Waals surface area contributed by atoms with Gasteiger partial charge >= 0.3 is 0 Å². The van der Waals surface area contributed by atoms with E-state index in [9.17, 15) is 9.59 Å². The molecule has 0 aromatic rings. The summed E-state index contributed by atoms with van der Waals surface area (Å²) in [6, 6.07) is 0. The third-order valence-electron chi connectivity index (χ3n) is 1.01. The molecule has 0 saturated carbocycles. The molecule has 0 unspecified atom stereocenters. The second-order valence-corrected chi connectivity index (χ2v) is 2.11. The van der Waals surface area contributed by atoms with Crippen LogP contribution >= 0.6 is 0 Å². The van der Waals surface area contributed by atoms with Crippen molar-refractivity contribution in [3.63, 3.8) is 0 Å². The van der Waals surface area contributed by atoms with Gasteiger partial charge in [0.1, 0.15) is 0 Å². The Hall–Kier alpha value is -1.12. The van der Waals surface area contributed by atoms with Crippen LogP contribution in [0.1, 0.15) is 20.8 Å². The van der Waals surface area contributed by atoms with Gasteiger partial charge in [0, 0.05) is 19.5 Å². The van der Waals surface area contributed by atoms with Crippen LogP contribution in [0.25, 0.3) is 0 Å². The van der Waals surface area contributed by atoms with E-state index in [-0.39, 0.29) is 11.8 Å². The lowest BCUT2D eigenvalue weighted by Gasteiger charge is -2.15. The zero-order valence-electron chi connectivity index (χ0n) is 6.47. The van der Waals surface area contributed by atoms with Gasteiger partial charge in [-0.1, -0.05) is 6.58 Å². The molecule has 0 bridgehead atoms. The molecule has 2 amide bonds. The number of hydrogen-bond acceptors (Lipinski definition) is 2. The van der Waals surface area contributed by atoms with E-state index in [1.165, 1.54) is 13.8 Å². The van der Waals surface area contributed by atoms with Crippen LogP contribution < -0.4 is 0 Å². The molecule has 0 aliphatic heterocycles. The van der Waals surface area contributed by atoms with E-state index < -0.39 is 0 Å². The summed E-state index contributed by atoms with van der Waals surface area (Å²) in [5.74, 6) is -0.583. The highest BCUT2D eigenvalue weighted by Crippen LogP contribution is 2.00. The lowest BCUT2D eigenvalue weighted by Crippen LogP contribution is -2.30. The van der Waals surface area contributed by atoms with Gasteiger partial charge in [-0.3, -0.25) is 14.5 Å². The van der Waals surface area contributed by atoms with Gasteiger partial charge in [0.15, 0.2) is 0 Å². The number of hydrogen-bond donors (Lipinski definition) is 0. The van der Waals surface area contributed by atoms with Gasteiger partial charge in [-0.15, -0.1) is 0 Å². The van der Waals surface area contributed by atoms with Crippen molar-refractivity contribution in [1.29, 1.82) is 0 Å². The second-order valence-electron chi connectivity index (χ2n) is 2.11. The maximum Gasteiger partial charge on any atom is 0.230 e. The van der Waals surface area contributed by atoms with E-state index in [4.69, 9.17) is 0 Å². The summed E-state index contributed by atoms with van der Waals surface area (Å²) < 4.78 is 0. The van der Waals surface area contributed by atoms with Crippen LogP contribution in [-0.2, 0) is 9.59 Å². The Bertz CT molecular complexity index is 151. The molecule has 0 fully saturated rings. The van der Waals surface area contributed by atoms with Crippen molar-refractivity contribution in [3.05, 3.63) is 12.3 Å². The summed E-state index contributed by atoms with van der Waals surface area (Å²) in [4.78, 5) is 22.4. The number of amides is 2. The van der Waals surface area contributed by atoms with E-state index in [1.54, 1.807) is 6.92 Å². The van der Waals surface area contributed by atoms with Crippen LogP contribution in [0.4, 0.5) is 0 Å². The number of allylic oxidation sites excluding steroid dienone is 1. The van der Waals surface area contributed by atoms with Gasteiger partial charge in [0.05, 0.1) is 0 Å². The van der Waals surface area contributed by atoms with Gasteiger partial charge in [0.25, 0.3) is 0 Å². The highest BCUT2D eigenvalue weighted by molar-refractivity contribution is 5.94.